The second-order valence-corrected chi connectivity index (χ2v) is 4.46. The van der Waals surface area contributed by atoms with E-state index in [0.29, 0.717) is 0 Å². The quantitative estimate of drug-likeness (QED) is 0.699. The Morgan fingerprint density at radius 1 is 1.31 bits per heavy atom. The van der Waals surface area contributed by atoms with E-state index in [1.165, 1.54) is 25.7 Å². The van der Waals surface area contributed by atoms with Gasteiger partial charge in [-0.05, 0) is 37.6 Å². The van der Waals surface area contributed by atoms with Gasteiger partial charge in [-0.3, -0.25) is 9.69 Å². The van der Waals surface area contributed by atoms with Crippen LogP contribution in [0.15, 0.2) is 0 Å². The zero-order valence-electron chi connectivity index (χ0n) is 7.91. The summed E-state index contributed by atoms with van der Waals surface area (Å²) in [6.07, 6.45) is 5.26. The molecule has 0 aromatic heterocycles. The van der Waals surface area contributed by atoms with Gasteiger partial charge in [0.05, 0.1) is 6.54 Å². The molecule has 2 aliphatic rings. The Kier molecular flexibility index (Phi) is 2.54. The van der Waals surface area contributed by atoms with Crippen molar-refractivity contribution in [3.8, 4) is 0 Å². The van der Waals surface area contributed by atoms with E-state index in [2.05, 4.69) is 4.90 Å². The summed E-state index contributed by atoms with van der Waals surface area (Å²) in [7, 11) is 0. The molecule has 2 fully saturated rings. The molecule has 0 aromatic rings. The van der Waals surface area contributed by atoms with Gasteiger partial charge in [0, 0.05) is 6.54 Å². The highest BCUT2D eigenvalue weighted by molar-refractivity contribution is 5.69. The molecule has 2 unspecified atom stereocenters. The van der Waals surface area contributed by atoms with Crippen LogP contribution in [0, 0.1) is 11.8 Å². The molecular weight excluding hydrogens is 166 g/mol. The third kappa shape index (κ3) is 2.21. The highest BCUT2D eigenvalue weighted by atomic mass is 16.4. The van der Waals surface area contributed by atoms with Gasteiger partial charge in [0.2, 0.25) is 0 Å². The second-order valence-electron chi connectivity index (χ2n) is 4.46. The molecule has 0 radical (unpaired) electrons. The molecule has 2 bridgehead atoms. The van der Waals surface area contributed by atoms with Gasteiger partial charge in [0.15, 0.2) is 0 Å². The summed E-state index contributed by atoms with van der Waals surface area (Å²) in [5, 5.41) is 8.69. The largest absolute Gasteiger partial charge is 0.480 e. The molecule has 3 nitrogen and oxygen atoms in total. The Balaban J connectivity index is 1.89. The van der Waals surface area contributed by atoms with E-state index >= 15 is 0 Å². The molecule has 1 saturated heterocycles. The summed E-state index contributed by atoms with van der Waals surface area (Å²) in [6.45, 7) is 2.25. The Morgan fingerprint density at radius 3 is 2.85 bits per heavy atom. The molecule has 74 valence electrons. The number of hydrogen-bond acceptors (Lipinski definition) is 2. The minimum atomic E-state index is -0.683. The summed E-state index contributed by atoms with van der Waals surface area (Å²) in [5.74, 6) is 0.994. The molecule has 0 spiro atoms. The number of carboxylic acids is 1. The molecule has 0 amide bonds. The van der Waals surface area contributed by atoms with Crippen molar-refractivity contribution in [1.29, 1.82) is 0 Å². The smallest absolute Gasteiger partial charge is 0.317 e. The predicted octanol–water partition coefficient (Wildman–Crippen LogP) is 1.19. The number of hydrogen-bond donors (Lipinski definition) is 1. The first kappa shape index (κ1) is 9.00. The first-order valence-corrected chi connectivity index (χ1v) is 5.18. The van der Waals surface area contributed by atoms with Crippen LogP contribution in [0.2, 0.25) is 0 Å². The van der Waals surface area contributed by atoms with E-state index < -0.39 is 5.97 Å². The van der Waals surface area contributed by atoms with Gasteiger partial charge < -0.3 is 5.11 Å². The molecule has 13 heavy (non-hydrogen) atoms. The van der Waals surface area contributed by atoms with Crippen LogP contribution in [-0.2, 0) is 4.79 Å². The zero-order valence-corrected chi connectivity index (χ0v) is 7.91. The summed E-state index contributed by atoms with van der Waals surface area (Å²) >= 11 is 0. The third-order valence-electron chi connectivity index (χ3n) is 3.38. The lowest BCUT2D eigenvalue weighted by Crippen LogP contribution is -2.33. The summed E-state index contributed by atoms with van der Waals surface area (Å²) in [6, 6.07) is 0. The fraction of sp³-hybridized carbons (Fsp3) is 0.900. The number of likely N-dealkylation sites (tertiary alicyclic amines) is 1. The Hall–Kier alpha value is -0.570. The van der Waals surface area contributed by atoms with Gasteiger partial charge in [-0.25, -0.2) is 0 Å². The highest BCUT2D eigenvalue weighted by Gasteiger charge is 2.30. The maximum Gasteiger partial charge on any atom is 0.317 e. The van der Waals surface area contributed by atoms with Gasteiger partial charge >= 0.3 is 5.97 Å². The van der Waals surface area contributed by atoms with Gasteiger partial charge in [-0.15, -0.1) is 0 Å². The van der Waals surface area contributed by atoms with Gasteiger partial charge in [-0.1, -0.05) is 6.42 Å². The average Bonchev–Trinajstić information content (AvgIpc) is 2.36. The van der Waals surface area contributed by atoms with E-state index in [1.54, 1.807) is 0 Å². The van der Waals surface area contributed by atoms with Crippen LogP contribution in [0.25, 0.3) is 0 Å². The van der Waals surface area contributed by atoms with E-state index in [4.69, 9.17) is 5.11 Å². The fourth-order valence-corrected chi connectivity index (χ4v) is 2.76. The Labute approximate surface area is 78.7 Å². The molecule has 1 aliphatic carbocycles. The van der Waals surface area contributed by atoms with Crippen molar-refractivity contribution in [3.05, 3.63) is 0 Å². The minimum absolute atomic E-state index is 0.239. The average molecular weight is 183 g/mol. The summed E-state index contributed by atoms with van der Waals surface area (Å²) in [4.78, 5) is 12.6. The van der Waals surface area contributed by atoms with Crippen LogP contribution in [-0.4, -0.2) is 35.6 Å². The summed E-state index contributed by atoms with van der Waals surface area (Å²) in [5.41, 5.74) is 0. The Bertz CT molecular complexity index is 205. The van der Waals surface area contributed by atoms with Crippen LogP contribution in [0.5, 0.6) is 0 Å². The molecule has 0 aromatic carbocycles. The van der Waals surface area contributed by atoms with Crippen molar-refractivity contribution in [1.82, 2.24) is 4.90 Å². The van der Waals surface area contributed by atoms with Crippen LogP contribution in [0.4, 0.5) is 0 Å². The minimum Gasteiger partial charge on any atom is -0.480 e. The van der Waals surface area contributed by atoms with Gasteiger partial charge in [-0.2, -0.15) is 0 Å². The molecule has 2 atom stereocenters. The zero-order chi connectivity index (χ0) is 9.26. The van der Waals surface area contributed by atoms with Gasteiger partial charge in [0.25, 0.3) is 0 Å². The van der Waals surface area contributed by atoms with Crippen molar-refractivity contribution < 1.29 is 9.90 Å². The number of carbonyl (C=O) groups is 1. The van der Waals surface area contributed by atoms with E-state index in [1.807, 2.05) is 0 Å². The van der Waals surface area contributed by atoms with Crippen molar-refractivity contribution in [2.45, 2.75) is 25.7 Å². The number of rotatable bonds is 2. The standard InChI is InChI=1S/C10H17NO2/c12-10(13)7-11-4-3-8-1-2-9(5-8)6-11/h8-9H,1-7H2,(H,12,13). The molecule has 1 heterocycles. The van der Waals surface area contributed by atoms with Crippen LogP contribution in [0.3, 0.4) is 0 Å². The molecule has 1 saturated carbocycles. The predicted molar refractivity (Wildman–Crippen MR) is 49.5 cm³/mol. The third-order valence-corrected chi connectivity index (χ3v) is 3.38. The first-order chi connectivity index (χ1) is 6.24. The van der Waals surface area contributed by atoms with E-state index in [0.717, 1.165) is 24.9 Å². The number of fused-ring (bicyclic) bond motifs is 2. The number of aliphatic carboxylic acids is 1. The SMILES string of the molecule is O=C(O)CN1CCC2CCC(C2)C1. The highest BCUT2D eigenvalue weighted by Crippen LogP contribution is 2.36. The lowest BCUT2D eigenvalue weighted by molar-refractivity contribution is -0.138. The maximum atomic E-state index is 10.5. The van der Waals surface area contributed by atoms with Gasteiger partial charge in [0.1, 0.15) is 0 Å². The topological polar surface area (TPSA) is 40.5 Å². The molecule has 2 rings (SSSR count). The van der Waals surface area contributed by atoms with Crippen LogP contribution < -0.4 is 0 Å². The normalized spacial score (nSPS) is 34.5. The van der Waals surface area contributed by atoms with Crippen molar-refractivity contribution in [3.63, 3.8) is 0 Å². The fourth-order valence-electron chi connectivity index (χ4n) is 2.76. The van der Waals surface area contributed by atoms with Crippen molar-refractivity contribution in [2.24, 2.45) is 11.8 Å². The first-order valence-electron chi connectivity index (χ1n) is 5.18. The number of nitrogens with zero attached hydrogens (tertiary/aromatic N) is 1. The van der Waals surface area contributed by atoms with Crippen LogP contribution >= 0.6 is 0 Å². The monoisotopic (exact) mass is 183 g/mol. The summed E-state index contributed by atoms with van der Waals surface area (Å²) < 4.78 is 0. The van der Waals surface area contributed by atoms with Crippen LogP contribution in [0.1, 0.15) is 25.7 Å². The number of carboxylic acid groups (broad SMARTS) is 1. The molecule has 1 aliphatic heterocycles. The second kappa shape index (κ2) is 3.66. The molecule has 1 N–H and O–H groups in total. The van der Waals surface area contributed by atoms with E-state index in [-0.39, 0.29) is 6.54 Å². The molecule has 3 heteroatoms. The maximum absolute atomic E-state index is 10.5. The molecular formula is C10H17NO2. The Morgan fingerprint density at radius 2 is 2.08 bits per heavy atom. The van der Waals surface area contributed by atoms with Crippen molar-refractivity contribution in [2.75, 3.05) is 19.6 Å². The van der Waals surface area contributed by atoms with E-state index in [9.17, 15) is 4.79 Å². The lowest BCUT2D eigenvalue weighted by Gasteiger charge is -2.22. The van der Waals surface area contributed by atoms with Crippen molar-refractivity contribution >= 4 is 5.97 Å². The lowest BCUT2D eigenvalue weighted by atomic mass is 10.0.